The number of rotatable bonds is 3. The fourth-order valence-corrected chi connectivity index (χ4v) is 2.09. The summed E-state index contributed by atoms with van der Waals surface area (Å²) in [5.41, 5.74) is 8.06. The van der Waals surface area contributed by atoms with Crippen molar-refractivity contribution in [1.29, 1.82) is 0 Å². The first-order valence-corrected chi connectivity index (χ1v) is 6.15. The summed E-state index contributed by atoms with van der Waals surface area (Å²) in [5.74, 6) is 2.42. The van der Waals surface area contributed by atoms with Gasteiger partial charge in [-0.25, -0.2) is 0 Å². The molecule has 0 radical (unpaired) electrons. The highest BCUT2D eigenvalue weighted by atomic mass is 16.5. The summed E-state index contributed by atoms with van der Waals surface area (Å²) < 4.78 is 15.9. The number of furan rings is 1. The Bertz CT molecular complexity index is 743. The highest BCUT2D eigenvalue weighted by Gasteiger charge is 2.20. The minimum Gasteiger partial charge on any atom is -0.497 e. The first-order valence-electron chi connectivity index (χ1n) is 6.15. The standard InChI is InChI=1S/C15H14N2O3/c1-9-6-7-12(19-9)14-13(15(16)20-17-14)10-4-3-5-11(8-10)18-2/h3-8H,16H2,1-2H3. The van der Waals surface area contributed by atoms with Crippen LogP contribution in [0.3, 0.4) is 0 Å². The van der Waals surface area contributed by atoms with Crippen LogP contribution in [-0.2, 0) is 0 Å². The van der Waals surface area contributed by atoms with Crippen LogP contribution >= 0.6 is 0 Å². The van der Waals surface area contributed by atoms with Gasteiger partial charge in [0.25, 0.3) is 0 Å². The van der Waals surface area contributed by atoms with E-state index >= 15 is 0 Å². The molecule has 2 aromatic heterocycles. The summed E-state index contributed by atoms with van der Waals surface area (Å²) >= 11 is 0. The van der Waals surface area contributed by atoms with Gasteiger partial charge < -0.3 is 19.4 Å². The van der Waals surface area contributed by atoms with Gasteiger partial charge in [0, 0.05) is 0 Å². The summed E-state index contributed by atoms with van der Waals surface area (Å²) in [5, 5.41) is 4.00. The molecule has 1 aromatic carbocycles. The number of nitrogen functional groups attached to an aromatic ring is 1. The van der Waals surface area contributed by atoms with Crippen LogP contribution in [0.2, 0.25) is 0 Å². The Morgan fingerprint density at radius 2 is 2.05 bits per heavy atom. The molecule has 0 fully saturated rings. The van der Waals surface area contributed by atoms with Gasteiger partial charge in [0.05, 0.1) is 12.7 Å². The molecule has 20 heavy (non-hydrogen) atoms. The fraction of sp³-hybridized carbons (Fsp3) is 0.133. The first-order chi connectivity index (χ1) is 9.69. The molecule has 0 spiro atoms. The predicted molar refractivity (Wildman–Crippen MR) is 75.3 cm³/mol. The Balaban J connectivity index is 2.15. The third-order valence-corrected chi connectivity index (χ3v) is 3.05. The lowest BCUT2D eigenvalue weighted by Gasteiger charge is -2.04. The molecule has 0 saturated heterocycles. The van der Waals surface area contributed by atoms with Gasteiger partial charge >= 0.3 is 0 Å². The zero-order valence-electron chi connectivity index (χ0n) is 11.2. The molecular weight excluding hydrogens is 256 g/mol. The van der Waals surface area contributed by atoms with Gasteiger partial charge in [0.15, 0.2) is 11.5 Å². The van der Waals surface area contributed by atoms with E-state index in [2.05, 4.69) is 5.16 Å². The zero-order valence-corrected chi connectivity index (χ0v) is 11.2. The molecule has 0 aliphatic carbocycles. The number of hydrogen-bond donors (Lipinski definition) is 1. The molecule has 0 bridgehead atoms. The number of aryl methyl sites for hydroxylation is 1. The molecule has 0 unspecified atom stereocenters. The monoisotopic (exact) mass is 270 g/mol. The van der Waals surface area contributed by atoms with Crippen molar-refractivity contribution < 1.29 is 13.7 Å². The summed E-state index contributed by atoms with van der Waals surface area (Å²) in [6.45, 7) is 1.87. The molecule has 0 aliphatic heterocycles. The highest BCUT2D eigenvalue weighted by Crippen LogP contribution is 2.37. The average Bonchev–Trinajstić information content (AvgIpc) is 3.05. The third-order valence-electron chi connectivity index (χ3n) is 3.05. The van der Waals surface area contributed by atoms with E-state index in [1.54, 1.807) is 7.11 Å². The number of nitrogens with zero attached hydrogens (tertiary/aromatic N) is 1. The van der Waals surface area contributed by atoms with Gasteiger partial charge in [0.1, 0.15) is 11.5 Å². The second kappa shape index (κ2) is 4.77. The summed E-state index contributed by atoms with van der Waals surface area (Å²) in [6.07, 6.45) is 0. The first kappa shape index (κ1) is 12.3. The molecule has 3 rings (SSSR count). The second-order valence-corrected chi connectivity index (χ2v) is 4.41. The number of hydrogen-bond acceptors (Lipinski definition) is 5. The van der Waals surface area contributed by atoms with E-state index in [1.165, 1.54) is 0 Å². The molecule has 0 saturated carbocycles. The van der Waals surface area contributed by atoms with Crippen LogP contribution in [-0.4, -0.2) is 12.3 Å². The fourth-order valence-electron chi connectivity index (χ4n) is 2.09. The van der Waals surface area contributed by atoms with E-state index in [0.29, 0.717) is 17.0 Å². The van der Waals surface area contributed by atoms with Crippen molar-refractivity contribution in [2.24, 2.45) is 0 Å². The van der Waals surface area contributed by atoms with Gasteiger partial charge in [-0.3, -0.25) is 0 Å². The smallest absolute Gasteiger partial charge is 0.230 e. The van der Waals surface area contributed by atoms with Crippen molar-refractivity contribution in [2.75, 3.05) is 12.8 Å². The van der Waals surface area contributed by atoms with E-state index in [4.69, 9.17) is 19.4 Å². The van der Waals surface area contributed by atoms with Gasteiger partial charge in [-0.15, -0.1) is 0 Å². The van der Waals surface area contributed by atoms with Crippen LogP contribution in [0.15, 0.2) is 45.3 Å². The Hall–Kier alpha value is -2.69. The minimum absolute atomic E-state index is 0.252. The van der Waals surface area contributed by atoms with E-state index in [0.717, 1.165) is 17.1 Å². The van der Waals surface area contributed by atoms with Crippen LogP contribution in [0.5, 0.6) is 5.75 Å². The molecule has 2 N–H and O–H groups in total. The number of nitrogens with two attached hydrogens (primary N) is 1. The molecule has 2 heterocycles. The van der Waals surface area contributed by atoms with Crippen molar-refractivity contribution in [2.45, 2.75) is 6.92 Å². The molecular formula is C15H14N2O3. The summed E-state index contributed by atoms with van der Waals surface area (Å²) in [7, 11) is 1.62. The van der Waals surface area contributed by atoms with Crippen molar-refractivity contribution in [1.82, 2.24) is 5.16 Å². The minimum atomic E-state index is 0.252. The van der Waals surface area contributed by atoms with E-state index in [1.807, 2.05) is 43.3 Å². The van der Waals surface area contributed by atoms with E-state index in [-0.39, 0.29) is 5.88 Å². The molecule has 3 aromatic rings. The normalized spacial score (nSPS) is 10.7. The Morgan fingerprint density at radius 3 is 2.75 bits per heavy atom. The molecule has 0 atom stereocenters. The van der Waals surface area contributed by atoms with Crippen molar-refractivity contribution >= 4 is 5.88 Å². The van der Waals surface area contributed by atoms with Crippen LogP contribution < -0.4 is 10.5 Å². The quantitative estimate of drug-likeness (QED) is 0.788. The Morgan fingerprint density at radius 1 is 1.20 bits per heavy atom. The maximum atomic E-state index is 5.90. The van der Waals surface area contributed by atoms with Crippen molar-refractivity contribution in [3.05, 3.63) is 42.2 Å². The molecule has 5 heteroatoms. The third kappa shape index (κ3) is 2.03. The van der Waals surface area contributed by atoms with Gasteiger partial charge in [-0.2, -0.15) is 0 Å². The lowest BCUT2D eigenvalue weighted by molar-refractivity contribution is 0.415. The average molecular weight is 270 g/mol. The number of ether oxygens (including phenoxy) is 1. The molecule has 5 nitrogen and oxygen atoms in total. The van der Waals surface area contributed by atoms with Gasteiger partial charge in [-0.05, 0) is 36.8 Å². The topological polar surface area (TPSA) is 74.4 Å². The van der Waals surface area contributed by atoms with E-state index in [9.17, 15) is 0 Å². The largest absolute Gasteiger partial charge is 0.497 e. The van der Waals surface area contributed by atoms with Crippen LogP contribution in [0.1, 0.15) is 5.76 Å². The Kier molecular flexibility index (Phi) is 2.95. The maximum Gasteiger partial charge on any atom is 0.230 e. The van der Waals surface area contributed by atoms with Gasteiger partial charge in [0.2, 0.25) is 5.88 Å². The van der Waals surface area contributed by atoms with Crippen LogP contribution in [0.25, 0.3) is 22.6 Å². The van der Waals surface area contributed by atoms with Crippen molar-refractivity contribution in [3.8, 4) is 28.3 Å². The Labute approximate surface area is 115 Å². The van der Waals surface area contributed by atoms with Gasteiger partial charge in [-0.1, -0.05) is 17.3 Å². The predicted octanol–water partition coefficient (Wildman–Crippen LogP) is 3.50. The molecule has 102 valence electrons. The highest BCUT2D eigenvalue weighted by molar-refractivity contribution is 5.85. The lowest BCUT2D eigenvalue weighted by Crippen LogP contribution is -1.88. The SMILES string of the molecule is COc1cccc(-c2c(-c3ccc(C)o3)noc2N)c1. The lowest BCUT2D eigenvalue weighted by atomic mass is 10.0. The molecule has 0 amide bonds. The number of methoxy groups -OCH3 is 1. The maximum absolute atomic E-state index is 5.90. The van der Waals surface area contributed by atoms with E-state index < -0.39 is 0 Å². The van der Waals surface area contributed by atoms with Crippen molar-refractivity contribution in [3.63, 3.8) is 0 Å². The number of aromatic nitrogens is 1. The number of benzene rings is 1. The van der Waals surface area contributed by atoms with Crippen LogP contribution in [0.4, 0.5) is 5.88 Å². The summed E-state index contributed by atoms with van der Waals surface area (Å²) in [4.78, 5) is 0. The van der Waals surface area contributed by atoms with Crippen LogP contribution in [0, 0.1) is 6.92 Å². The molecule has 0 aliphatic rings. The zero-order chi connectivity index (χ0) is 14.1. The number of anilines is 1. The summed E-state index contributed by atoms with van der Waals surface area (Å²) in [6, 6.07) is 11.3. The second-order valence-electron chi connectivity index (χ2n) is 4.41.